The monoisotopic (exact) mass is 330 g/mol. The first-order valence-electron chi connectivity index (χ1n) is 9.19. The first kappa shape index (κ1) is 16.0. The number of likely N-dealkylation sites (tertiary alicyclic amines) is 1. The number of hydrogen-bond acceptors (Lipinski definition) is 4. The lowest BCUT2D eigenvalue weighted by molar-refractivity contribution is -0.187. The van der Waals surface area contributed by atoms with Crippen molar-refractivity contribution in [3.63, 3.8) is 0 Å². The van der Waals surface area contributed by atoms with E-state index in [4.69, 9.17) is 9.47 Å². The Labute approximate surface area is 143 Å². The second-order valence-electron chi connectivity index (χ2n) is 7.53. The summed E-state index contributed by atoms with van der Waals surface area (Å²) in [5.41, 5.74) is 0.520. The zero-order valence-corrected chi connectivity index (χ0v) is 14.2. The van der Waals surface area contributed by atoms with Crippen LogP contribution in [0.1, 0.15) is 48.9 Å². The number of ether oxygens (including phenoxy) is 2. The van der Waals surface area contributed by atoms with E-state index in [1.54, 1.807) is 24.5 Å². The number of nitrogens with zero attached hydrogens (tertiary/aromatic N) is 2. The quantitative estimate of drug-likeness (QED) is 0.852. The van der Waals surface area contributed by atoms with Gasteiger partial charge in [0.1, 0.15) is 5.60 Å². The van der Waals surface area contributed by atoms with Crippen molar-refractivity contribution in [2.45, 2.75) is 50.2 Å². The highest BCUT2D eigenvalue weighted by atomic mass is 16.5. The second kappa shape index (κ2) is 6.81. The Bertz CT molecular complexity index is 565. The highest BCUT2D eigenvalue weighted by Gasteiger charge is 2.49. The van der Waals surface area contributed by atoms with Gasteiger partial charge in [-0.2, -0.15) is 0 Å². The van der Waals surface area contributed by atoms with E-state index in [2.05, 4.69) is 4.98 Å². The Kier molecular flexibility index (Phi) is 4.55. The van der Waals surface area contributed by atoms with E-state index in [-0.39, 0.29) is 17.6 Å². The average molecular weight is 330 g/mol. The fourth-order valence-corrected chi connectivity index (χ4v) is 4.26. The minimum absolute atomic E-state index is 0.0700. The zero-order valence-electron chi connectivity index (χ0n) is 14.2. The van der Waals surface area contributed by atoms with Gasteiger partial charge in [0.2, 0.25) is 0 Å². The summed E-state index contributed by atoms with van der Waals surface area (Å²) in [4.78, 5) is 18.3. The summed E-state index contributed by atoms with van der Waals surface area (Å²) < 4.78 is 12.2. The summed E-state index contributed by atoms with van der Waals surface area (Å²) in [5.74, 6) is 0.829. The molecule has 1 saturated carbocycles. The molecule has 5 nitrogen and oxygen atoms in total. The van der Waals surface area contributed by atoms with E-state index in [0.29, 0.717) is 18.7 Å². The summed E-state index contributed by atoms with van der Waals surface area (Å²) in [6.07, 6.45) is 10.9. The molecule has 5 heteroatoms. The Hall–Kier alpha value is -1.46. The van der Waals surface area contributed by atoms with Gasteiger partial charge in [-0.15, -0.1) is 0 Å². The molecule has 3 aliphatic rings. The summed E-state index contributed by atoms with van der Waals surface area (Å²) >= 11 is 0. The molecule has 2 aliphatic heterocycles. The molecule has 0 aromatic carbocycles. The van der Waals surface area contributed by atoms with Gasteiger partial charge >= 0.3 is 0 Å². The largest absolute Gasteiger partial charge is 0.378 e. The third-order valence-electron chi connectivity index (χ3n) is 5.66. The van der Waals surface area contributed by atoms with E-state index in [1.807, 2.05) is 4.90 Å². The van der Waals surface area contributed by atoms with Crippen molar-refractivity contribution in [3.8, 4) is 0 Å². The number of rotatable bonds is 4. The van der Waals surface area contributed by atoms with Crippen LogP contribution in [0.4, 0.5) is 0 Å². The third kappa shape index (κ3) is 3.33. The predicted octanol–water partition coefficient (Wildman–Crippen LogP) is 2.66. The van der Waals surface area contributed by atoms with E-state index < -0.39 is 0 Å². The molecule has 1 aromatic heterocycles. The minimum Gasteiger partial charge on any atom is -0.378 e. The van der Waals surface area contributed by atoms with Gasteiger partial charge in [-0.25, -0.2) is 0 Å². The van der Waals surface area contributed by atoms with Gasteiger partial charge in [0.05, 0.1) is 19.2 Å². The molecule has 1 aromatic rings. The van der Waals surface area contributed by atoms with E-state index in [0.717, 1.165) is 32.0 Å². The Morgan fingerprint density at radius 2 is 2.00 bits per heavy atom. The van der Waals surface area contributed by atoms with Crippen molar-refractivity contribution < 1.29 is 14.3 Å². The van der Waals surface area contributed by atoms with E-state index in [1.165, 1.54) is 25.7 Å². The minimum atomic E-state index is -0.179. The Balaban J connectivity index is 1.28. The summed E-state index contributed by atoms with van der Waals surface area (Å²) in [5, 5.41) is 0. The van der Waals surface area contributed by atoms with Crippen molar-refractivity contribution in [1.29, 1.82) is 0 Å². The normalized spacial score (nSPS) is 26.5. The summed E-state index contributed by atoms with van der Waals surface area (Å²) in [7, 11) is 0. The van der Waals surface area contributed by atoms with Crippen LogP contribution in [0, 0.1) is 5.92 Å². The summed E-state index contributed by atoms with van der Waals surface area (Å²) in [6.45, 7) is 3.00. The van der Waals surface area contributed by atoms with E-state index in [9.17, 15) is 4.79 Å². The van der Waals surface area contributed by atoms with Crippen molar-refractivity contribution in [3.05, 3.63) is 30.1 Å². The highest BCUT2D eigenvalue weighted by molar-refractivity contribution is 5.94. The Morgan fingerprint density at radius 1 is 1.25 bits per heavy atom. The van der Waals surface area contributed by atoms with Crippen LogP contribution in [-0.4, -0.2) is 53.8 Å². The molecule has 1 aliphatic carbocycles. The second-order valence-corrected chi connectivity index (χ2v) is 7.53. The van der Waals surface area contributed by atoms with Crippen molar-refractivity contribution in [1.82, 2.24) is 9.88 Å². The molecule has 1 unspecified atom stereocenters. The van der Waals surface area contributed by atoms with Gasteiger partial charge in [0, 0.05) is 37.6 Å². The molecular weight excluding hydrogens is 304 g/mol. The number of carbonyl (C=O) groups excluding carboxylic acids is 1. The average Bonchev–Trinajstić information content (AvgIpc) is 3.12. The molecule has 1 amide bonds. The molecule has 3 fully saturated rings. The maximum absolute atomic E-state index is 12.4. The van der Waals surface area contributed by atoms with Gasteiger partial charge in [-0.3, -0.25) is 9.78 Å². The molecule has 0 bridgehead atoms. The smallest absolute Gasteiger partial charge is 0.254 e. The predicted molar refractivity (Wildman–Crippen MR) is 89.8 cm³/mol. The fourth-order valence-electron chi connectivity index (χ4n) is 4.26. The van der Waals surface area contributed by atoms with Crippen molar-refractivity contribution in [2.24, 2.45) is 5.92 Å². The lowest BCUT2D eigenvalue weighted by Gasteiger charge is -2.53. The number of carbonyl (C=O) groups is 1. The molecule has 0 N–H and O–H groups in total. The number of amides is 1. The van der Waals surface area contributed by atoms with Gasteiger partial charge in [-0.1, -0.05) is 12.8 Å². The van der Waals surface area contributed by atoms with E-state index >= 15 is 0 Å². The highest BCUT2D eigenvalue weighted by Crippen LogP contribution is 2.36. The number of aromatic nitrogens is 1. The molecule has 24 heavy (non-hydrogen) atoms. The molecule has 3 heterocycles. The molecule has 0 radical (unpaired) electrons. The number of hydrogen-bond donors (Lipinski definition) is 0. The molecular formula is C19H26N2O3. The van der Waals surface area contributed by atoms with Gasteiger partial charge in [-0.05, 0) is 37.3 Å². The molecule has 1 atom stereocenters. The van der Waals surface area contributed by atoms with Crippen LogP contribution in [-0.2, 0) is 9.47 Å². The van der Waals surface area contributed by atoms with Crippen molar-refractivity contribution >= 4 is 5.91 Å². The van der Waals surface area contributed by atoms with Gasteiger partial charge in [0.15, 0.2) is 0 Å². The van der Waals surface area contributed by atoms with Gasteiger partial charge in [0.25, 0.3) is 5.91 Å². The first-order valence-corrected chi connectivity index (χ1v) is 9.19. The maximum Gasteiger partial charge on any atom is 0.254 e. The lowest BCUT2D eigenvalue weighted by atomic mass is 9.84. The van der Waals surface area contributed by atoms with Crippen molar-refractivity contribution in [2.75, 3.05) is 26.3 Å². The van der Waals surface area contributed by atoms with Crippen LogP contribution in [0.15, 0.2) is 24.5 Å². The molecule has 4 rings (SSSR count). The first-order chi connectivity index (χ1) is 11.7. The van der Waals surface area contributed by atoms with Crippen LogP contribution >= 0.6 is 0 Å². The lowest BCUT2D eigenvalue weighted by Crippen LogP contribution is -2.67. The van der Waals surface area contributed by atoms with Gasteiger partial charge < -0.3 is 14.4 Å². The van der Waals surface area contributed by atoms with Crippen LogP contribution < -0.4 is 0 Å². The maximum atomic E-state index is 12.4. The fraction of sp³-hybridized carbons (Fsp3) is 0.684. The number of pyridine rings is 1. The topological polar surface area (TPSA) is 51.7 Å². The van der Waals surface area contributed by atoms with Crippen LogP contribution in [0.2, 0.25) is 0 Å². The molecule has 1 spiro atoms. The molecule has 2 saturated heterocycles. The molecule has 130 valence electrons. The zero-order chi connectivity index (χ0) is 16.4. The van der Waals surface area contributed by atoms with Crippen LogP contribution in [0.5, 0.6) is 0 Å². The third-order valence-corrected chi connectivity index (χ3v) is 5.66. The van der Waals surface area contributed by atoms with Crippen LogP contribution in [0.3, 0.4) is 0 Å². The Morgan fingerprint density at radius 3 is 2.75 bits per heavy atom. The van der Waals surface area contributed by atoms with Crippen LogP contribution in [0.25, 0.3) is 0 Å². The SMILES string of the molecule is O=C(c1ccncc1)N1CC2(CC(OCC3CCCC3)CCO2)C1. The standard InChI is InChI=1S/C19H26N2O3/c22-18(16-5-8-20-9-6-16)21-13-19(14-21)11-17(7-10-24-19)23-12-15-3-1-2-4-15/h5-6,8-9,15,17H,1-4,7,10-14H2. The summed E-state index contributed by atoms with van der Waals surface area (Å²) in [6, 6.07) is 3.53.